The van der Waals surface area contributed by atoms with Gasteiger partial charge in [-0.05, 0) is 29.3 Å². The highest BCUT2D eigenvalue weighted by molar-refractivity contribution is 5.80. The van der Waals surface area contributed by atoms with E-state index in [4.69, 9.17) is 0 Å². The quantitative estimate of drug-likeness (QED) is 0.535. The van der Waals surface area contributed by atoms with E-state index in [0.29, 0.717) is 13.1 Å². The predicted octanol–water partition coefficient (Wildman–Crippen LogP) is 1.87. The third-order valence-electron chi connectivity index (χ3n) is 5.12. The first kappa shape index (κ1) is 19.4. The summed E-state index contributed by atoms with van der Waals surface area (Å²) in [6.45, 7) is 0.829. The molecule has 2 aromatic heterocycles. The fourth-order valence-corrected chi connectivity index (χ4v) is 3.47. The molecule has 2 aromatic carbocycles. The van der Waals surface area contributed by atoms with Crippen LogP contribution in [0.2, 0.25) is 0 Å². The summed E-state index contributed by atoms with van der Waals surface area (Å²) in [5.74, 6) is -0.228. The number of para-hydroxylation sites is 2. The van der Waals surface area contributed by atoms with Crippen LogP contribution in [0.5, 0.6) is 0 Å². The summed E-state index contributed by atoms with van der Waals surface area (Å²) in [5.41, 5.74) is 3.21. The van der Waals surface area contributed by atoms with Crippen LogP contribution in [0.25, 0.3) is 11.0 Å². The summed E-state index contributed by atoms with van der Waals surface area (Å²) < 4.78 is 4.66. The van der Waals surface area contributed by atoms with Crippen LogP contribution in [0.3, 0.4) is 0 Å². The number of aromatic nitrogens is 3. The number of pyridine rings is 1. The maximum absolute atomic E-state index is 12.4. The SMILES string of the molecule is Cn1c(=O)n(CC(=O)NCc2ccc(Cn3ccccc3=O)cc2)c2ccccc21. The number of imidazole rings is 1. The zero-order valence-electron chi connectivity index (χ0n) is 16.6. The molecule has 0 bridgehead atoms. The summed E-state index contributed by atoms with van der Waals surface area (Å²) in [7, 11) is 1.70. The Labute approximate surface area is 172 Å². The number of amides is 1. The molecule has 4 rings (SSSR count). The molecule has 7 heteroatoms. The smallest absolute Gasteiger partial charge is 0.329 e. The minimum Gasteiger partial charge on any atom is -0.350 e. The minimum atomic E-state index is -0.228. The van der Waals surface area contributed by atoms with Crippen LogP contribution in [-0.2, 0) is 31.5 Å². The molecule has 2 heterocycles. The van der Waals surface area contributed by atoms with Crippen LogP contribution in [-0.4, -0.2) is 19.6 Å². The number of carbonyl (C=O) groups is 1. The maximum atomic E-state index is 12.4. The first-order valence-electron chi connectivity index (χ1n) is 9.67. The van der Waals surface area contributed by atoms with E-state index >= 15 is 0 Å². The molecule has 0 unspecified atom stereocenters. The minimum absolute atomic E-state index is 0.0325. The topological polar surface area (TPSA) is 78.0 Å². The number of nitrogens with zero attached hydrogens (tertiary/aromatic N) is 3. The first-order chi connectivity index (χ1) is 14.5. The Hall–Kier alpha value is -3.87. The van der Waals surface area contributed by atoms with Crippen molar-refractivity contribution < 1.29 is 4.79 Å². The number of fused-ring (bicyclic) bond motifs is 1. The molecule has 0 saturated heterocycles. The van der Waals surface area contributed by atoms with Crippen LogP contribution >= 0.6 is 0 Å². The van der Waals surface area contributed by atoms with Gasteiger partial charge in [-0.1, -0.05) is 42.5 Å². The van der Waals surface area contributed by atoms with Crippen LogP contribution < -0.4 is 16.6 Å². The van der Waals surface area contributed by atoms with Crippen molar-refractivity contribution >= 4 is 16.9 Å². The zero-order chi connectivity index (χ0) is 21.1. The Morgan fingerprint density at radius 3 is 2.27 bits per heavy atom. The van der Waals surface area contributed by atoms with Gasteiger partial charge in [-0.2, -0.15) is 0 Å². The van der Waals surface area contributed by atoms with Gasteiger partial charge >= 0.3 is 5.69 Å². The average Bonchev–Trinajstić information content (AvgIpc) is 3.00. The normalized spacial score (nSPS) is 11.0. The van der Waals surface area contributed by atoms with E-state index < -0.39 is 0 Å². The highest BCUT2D eigenvalue weighted by Gasteiger charge is 2.13. The summed E-state index contributed by atoms with van der Waals surface area (Å²) in [6.07, 6.45) is 1.76. The van der Waals surface area contributed by atoms with Crippen LogP contribution in [0.15, 0.2) is 82.5 Å². The molecule has 1 amide bonds. The Morgan fingerprint density at radius 2 is 1.53 bits per heavy atom. The average molecular weight is 402 g/mol. The molecule has 7 nitrogen and oxygen atoms in total. The predicted molar refractivity (Wildman–Crippen MR) is 115 cm³/mol. The van der Waals surface area contributed by atoms with Crippen molar-refractivity contribution in [3.05, 3.63) is 105 Å². The molecule has 152 valence electrons. The van der Waals surface area contributed by atoms with E-state index in [1.807, 2.05) is 54.6 Å². The van der Waals surface area contributed by atoms with Crippen molar-refractivity contribution in [3.8, 4) is 0 Å². The third-order valence-corrected chi connectivity index (χ3v) is 5.12. The number of carbonyl (C=O) groups excluding carboxylic acids is 1. The fourth-order valence-electron chi connectivity index (χ4n) is 3.47. The first-order valence-corrected chi connectivity index (χ1v) is 9.67. The fraction of sp³-hybridized carbons (Fsp3) is 0.174. The Balaban J connectivity index is 1.39. The lowest BCUT2D eigenvalue weighted by Gasteiger charge is -2.08. The van der Waals surface area contributed by atoms with Crippen LogP contribution in [0.1, 0.15) is 11.1 Å². The maximum Gasteiger partial charge on any atom is 0.329 e. The lowest BCUT2D eigenvalue weighted by Crippen LogP contribution is -2.32. The molecule has 4 aromatic rings. The summed E-state index contributed by atoms with van der Waals surface area (Å²) in [5, 5.41) is 2.86. The van der Waals surface area contributed by atoms with Gasteiger partial charge in [0.2, 0.25) is 5.91 Å². The van der Waals surface area contributed by atoms with Gasteiger partial charge in [0.15, 0.2) is 0 Å². The Bertz CT molecular complexity index is 1310. The van der Waals surface area contributed by atoms with Crippen molar-refractivity contribution in [2.75, 3.05) is 0 Å². The molecule has 0 spiro atoms. The van der Waals surface area contributed by atoms with Crippen molar-refractivity contribution in [1.29, 1.82) is 0 Å². The summed E-state index contributed by atoms with van der Waals surface area (Å²) >= 11 is 0. The van der Waals surface area contributed by atoms with Gasteiger partial charge in [0, 0.05) is 25.9 Å². The van der Waals surface area contributed by atoms with Gasteiger partial charge in [-0.3, -0.25) is 18.7 Å². The standard InChI is InChI=1S/C23H22N4O3/c1-25-19-6-2-3-7-20(19)27(23(25)30)16-21(28)24-14-17-9-11-18(12-10-17)15-26-13-5-4-8-22(26)29/h2-13H,14-16H2,1H3,(H,24,28). The number of rotatable bonds is 6. The second kappa shape index (κ2) is 8.24. The lowest BCUT2D eigenvalue weighted by molar-refractivity contribution is -0.121. The number of hydrogen-bond acceptors (Lipinski definition) is 3. The van der Waals surface area contributed by atoms with E-state index in [0.717, 1.165) is 22.2 Å². The number of hydrogen-bond donors (Lipinski definition) is 1. The zero-order valence-corrected chi connectivity index (χ0v) is 16.6. The monoisotopic (exact) mass is 402 g/mol. The molecule has 0 fully saturated rings. The molecule has 0 aliphatic rings. The largest absolute Gasteiger partial charge is 0.350 e. The van der Waals surface area contributed by atoms with Crippen molar-refractivity contribution in [3.63, 3.8) is 0 Å². The van der Waals surface area contributed by atoms with Crippen LogP contribution in [0.4, 0.5) is 0 Å². The Morgan fingerprint density at radius 1 is 0.867 bits per heavy atom. The van der Waals surface area contributed by atoms with Gasteiger partial charge in [0.05, 0.1) is 17.6 Å². The van der Waals surface area contributed by atoms with E-state index in [2.05, 4.69) is 5.32 Å². The molecule has 0 aliphatic carbocycles. The third kappa shape index (κ3) is 3.96. The van der Waals surface area contributed by atoms with Crippen molar-refractivity contribution in [2.45, 2.75) is 19.6 Å². The lowest BCUT2D eigenvalue weighted by atomic mass is 10.1. The van der Waals surface area contributed by atoms with Gasteiger partial charge in [0.1, 0.15) is 6.54 Å². The summed E-state index contributed by atoms with van der Waals surface area (Å²) in [4.78, 5) is 36.7. The van der Waals surface area contributed by atoms with E-state index in [9.17, 15) is 14.4 Å². The van der Waals surface area contributed by atoms with Gasteiger partial charge in [0.25, 0.3) is 5.56 Å². The molecule has 30 heavy (non-hydrogen) atoms. The Kier molecular flexibility index (Phi) is 5.34. The number of aryl methyl sites for hydroxylation is 1. The molecule has 0 saturated carbocycles. The molecule has 1 N–H and O–H groups in total. The van der Waals surface area contributed by atoms with Gasteiger partial charge in [-0.15, -0.1) is 0 Å². The van der Waals surface area contributed by atoms with E-state index in [1.54, 1.807) is 28.4 Å². The molecule has 0 radical (unpaired) electrons. The molecule has 0 atom stereocenters. The van der Waals surface area contributed by atoms with Crippen molar-refractivity contribution in [2.24, 2.45) is 7.05 Å². The summed E-state index contributed by atoms with van der Waals surface area (Å²) in [6, 6.07) is 20.2. The van der Waals surface area contributed by atoms with Crippen LogP contribution in [0, 0.1) is 0 Å². The highest BCUT2D eigenvalue weighted by Crippen LogP contribution is 2.11. The molecule has 0 aliphatic heterocycles. The van der Waals surface area contributed by atoms with E-state index in [-0.39, 0.29) is 23.7 Å². The second-order valence-electron chi connectivity index (χ2n) is 7.18. The highest BCUT2D eigenvalue weighted by atomic mass is 16.2. The van der Waals surface area contributed by atoms with Gasteiger partial charge < -0.3 is 9.88 Å². The van der Waals surface area contributed by atoms with Crippen molar-refractivity contribution in [1.82, 2.24) is 19.0 Å². The van der Waals surface area contributed by atoms with Gasteiger partial charge in [-0.25, -0.2) is 4.79 Å². The molecular formula is C23H22N4O3. The second-order valence-corrected chi connectivity index (χ2v) is 7.18. The molecular weight excluding hydrogens is 380 g/mol. The number of benzene rings is 2. The van der Waals surface area contributed by atoms with E-state index in [1.165, 1.54) is 10.6 Å². The number of nitrogens with one attached hydrogen (secondary N) is 1.